The first-order valence-electron chi connectivity index (χ1n) is 10.6. The molecule has 192 valence electrons. The molecule has 12 heteroatoms. The number of ketones is 1. The molecular weight excluding hydrogens is 490 g/mol. The highest BCUT2D eigenvalue weighted by Crippen LogP contribution is 2.31. The van der Waals surface area contributed by atoms with E-state index < -0.39 is 38.9 Å². The zero-order valence-corrected chi connectivity index (χ0v) is 21.0. The summed E-state index contributed by atoms with van der Waals surface area (Å²) in [6.45, 7) is 2.96. The van der Waals surface area contributed by atoms with Crippen LogP contribution >= 0.6 is 0 Å². The number of rotatable bonds is 7. The number of aryl methyl sites for hydroxylation is 1. The molecule has 1 amide bonds. The minimum atomic E-state index is -3.24. The van der Waals surface area contributed by atoms with Crippen molar-refractivity contribution in [3.8, 4) is 0 Å². The summed E-state index contributed by atoms with van der Waals surface area (Å²) < 4.78 is 24.0. The van der Waals surface area contributed by atoms with Crippen LogP contribution in [0, 0.1) is 5.41 Å². The Labute approximate surface area is 207 Å². The second-order valence-corrected chi connectivity index (χ2v) is 10.8. The maximum atomic E-state index is 12.3. The number of aliphatic carboxylic acids is 2. The molecule has 0 aliphatic heterocycles. The Kier molecular flexibility index (Phi) is 8.70. The lowest BCUT2D eigenvalue weighted by Crippen LogP contribution is -2.28. The molecule has 3 rings (SSSR count). The first-order valence-corrected chi connectivity index (χ1v) is 12.7. The van der Waals surface area contributed by atoms with Gasteiger partial charge in [-0.1, -0.05) is 36.4 Å². The van der Waals surface area contributed by atoms with Crippen LogP contribution in [0.5, 0.6) is 0 Å². The first kappa shape index (κ1) is 28.2. The van der Waals surface area contributed by atoms with E-state index in [1.807, 2.05) is 12.1 Å². The van der Waals surface area contributed by atoms with Crippen molar-refractivity contribution in [1.29, 1.82) is 0 Å². The number of hydrazone groups is 1. The van der Waals surface area contributed by atoms with Crippen molar-refractivity contribution < 1.29 is 37.8 Å². The molecule has 1 heterocycles. The van der Waals surface area contributed by atoms with Crippen molar-refractivity contribution in [2.45, 2.75) is 20.3 Å². The first-order chi connectivity index (χ1) is 16.6. The summed E-state index contributed by atoms with van der Waals surface area (Å²) in [4.78, 5) is 45.5. The highest BCUT2D eigenvalue weighted by molar-refractivity contribution is 7.91. The summed E-state index contributed by atoms with van der Waals surface area (Å²) in [6, 6.07) is 7.23. The molecule has 1 aliphatic rings. The zero-order chi connectivity index (χ0) is 27.3. The Hall–Kier alpha value is -4.06. The summed E-state index contributed by atoms with van der Waals surface area (Å²) >= 11 is 0. The zero-order valence-electron chi connectivity index (χ0n) is 20.2. The largest absolute Gasteiger partial charge is 0.481 e. The highest BCUT2D eigenvalue weighted by Gasteiger charge is 2.34. The number of allylic oxidation sites excluding steroid dienone is 2. The van der Waals surface area contributed by atoms with Gasteiger partial charge in [-0.2, -0.15) is 5.10 Å². The number of sulfone groups is 1. The van der Waals surface area contributed by atoms with E-state index in [-0.39, 0.29) is 29.0 Å². The molecule has 1 unspecified atom stereocenters. The van der Waals surface area contributed by atoms with E-state index in [4.69, 9.17) is 10.2 Å². The number of carboxylic acid groups (broad SMARTS) is 2. The van der Waals surface area contributed by atoms with Crippen LogP contribution in [0.4, 0.5) is 0 Å². The topological polar surface area (TPSA) is 172 Å². The molecule has 36 heavy (non-hydrogen) atoms. The van der Waals surface area contributed by atoms with Crippen LogP contribution in [-0.4, -0.2) is 64.5 Å². The number of carbonyl (C=O) groups is 4. The van der Waals surface area contributed by atoms with Crippen molar-refractivity contribution >= 4 is 50.1 Å². The van der Waals surface area contributed by atoms with Gasteiger partial charge in [-0.25, -0.2) is 18.6 Å². The minimum absolute atomic E-state index is 0.0359. The quantitative estimate of drug-likeness (QED) is 0.216. The molecule has 1 aromatic heterocycles. The van der Waals surface area contributed by atoms with Gasteiger partial charge < -0.3 is 14.8 Å². The van der Waals surface area contributed by atoms with Crippen molar-refractivity contribution in [2.24, 2.45) is 17.6 Å². The molecule has 0 fully saturated rings. The van der Waals surface area contributed by atoms with Crippen molar-refractivity contribution in [1.82, 2.24) is 9.99 Å². The van der Waals surface area contributed by atoms with Gasteiger partial charge in [-0.15, -0.1) is 0 Å². The lowest BCUT2D eigenvalue weighted by molar-refractivity contribution is -0.145. The predicted molar refractivity (Wildman–Crippen MR) is 133 cm³/mol. The molecule has 3 N–H and O–H groups in total. The number of hydrogen-bond acceptors (Lipinski definition) is 7. The fourth-order valence-electron chi connectivity index (χ4n) is 3.44. The number of aromatic nitrogens is 1. The number of nitrogens with zero attached hydrogens (tertiary/aromatic N) is 2. The van der Waals surface area contributed by atoms with Gasteiger partial charge in [0.15, 0.2) is 9.84 Å². The maximum Gasteiger partial charge on any atom is 0.331 e. The number of benzene rings is 1. The smallest absolute Gasteiger partial charge is 0.331 e. The average molecular weight is 518 g/mol. The van der Waals surface area contributed by atoms with Crippen LogP contribution < -0.4 is 5.43 Å². The van der Waals surface area contributed by atoms with E-state index in [2.05, 4.69) is 10.5 Å². The third kappa shape index (κ3) is 7.22. The Balaban J connectivity index is 0.000000297. The van der Waals surface area contributed by atoms with E-state index in [0.29, 0.717) is 5.39 Å². The molecule has 0 saturated heterocycles. The van der Waals surface area contributed by atoms with E-state index in [1.165, 1.54) is 32.1 Å². The highest BCUT2D eigenvalue weighted by atomic mass is 32.2. The molecule has 0 spiro atoms. The number of Topliss-reactive ketones (excluding diaryl/α,β-unsaturated/α-hetero) is 1. The Morgan fingerprint density at radius 1 is 1.17 bits per heavy atom. The second-order valence-electron chi connectivity index (χ2n) is 8.61. The molecule has 2 aromatic rings. The van der Waals surface area contributed by atoms with Crippen LogP contribution in [0.1, 0.15) is 30.6 Å². The van der Waals surface area contributed by atoms with E-state index >= 15 is 0 Å². The van der Waals surface area contributed by atoms with E-state index in [9.17, 15) is 27.6 Å². The normalized spacial score (nSPS) is 17.6. The van der Waals surface area contributed by atoms with Crippen LogP contribution in [-0.2, 0) is 31.3 Å². The molecule has 1 aliphatic carbocycles. The number of carbonyl (C=O) groups excluding carboxylic acids is 2. The molecule has 0 saturated carbocycles. The fourth-order valence-corrected chi connectivity index (χ4v) is 4.26. The predicted octanol–water partition coefficient (Wildman–Crippen LogP) is 1.95. The number of para-hydroxylation sites is 1. The molecular formula is C24H27N3O8S. The van der Waals surface area contributed by atoms with Gasteiger partial charge in [0.25, 0.3) is 5.78 Å². The summed E-state index contributed by atoms with van der Waals surface area (Å²) in [5, 5.41) is 21.8. The lowest BCUT2D eigenvalue weighted by atomic mass is 9.80. The monoisotopic (exact) mass is 517 g/mol. The summed E-state index contributed by atoms with van der Waals surface area (Å²) in [5.74, 6) is -3.98. The van der Waals surface area contributed by atoms with Crippen LogP contribution in [0.25, 0.3) is 10.9 Å². The molecule has 11 nitrogen and oxygen atoms in total. The second kappa shape index (κ2) is 11.1. The van der Waals surface area contributed by atoms with Crippen molar-refractivity contribution in [2.75, 3.05) is 12.0 Å². The molecule has 1 atom stereocenters. The van der Waals surface area contributed by atoms with Crippen molar-refractivity contribution in [3.63, 3.8) is 0 Å². The number of fused-ring (bicyclic) bond motifs is 1. The fraction of sp³-hybridized carbons (Fsp3) is 0.292. The SMILES string of the molecule is CC(CS(C)(=O)=O)=NNC(=O)C(=O)c1cn(C)c2ccccc12.CC1(C(=O)O)C=CC=C(C(=O)O)C1. The van der Waals surface area contributed by atoms with Gasteiger partial charge in [0.05, 0.1) is 22.4 Å². The van der Waals surface area contributed by atoms with Gasteiger partial charge in [0.2, 0.25) is 0 Å². The minimum Gasteiger partial charge on any atom is -0.481 e. The third-order valence-corrected chi connectivity index (χ3v) is 6.19. The molecule has 1 aromatic carbocycles. The number of amides is 1. The standard InChI is InChI=1S/C15H17N3O4S.C9H10O4/c1-10(9-23(3,21)22)16-17-15(20)14(19)12-8-18(2)13-7-5-4-6-11(12)13;1-9(8(12)13)4-2-3-6(5-9)7(10)11/h4-8H,9H2,1-3H3,(H,17,20);2-4H,5H2,1H3,(H,10,11)(H,12,13). The Morgan fingerprint density at radius 3 is 2.39 bits per heavy atom. The molecule has 0 radical (unpaired) electrons. The average Bonchev–Trinajstić information content (AvgIpc) is 3.13. The van der Waals surface area contributed by atoms with Gasteiger partial charge >= 0.3 is 17.8 Å². The van der Waals surface area contributed by atoms with Crippen LogP contribution in [0.2, 0.25) is 0 Å². The Morgan fingerprint density at radius 2 is 1.81 bits per heavy atom. The van der Waals surface area contributed by atoms with Crippen LogP contribution in [0.3, 0.4) is 0 Å². The van der Waals surface area contributed by atoms with E-state index in [0.717, 1.165) is 11.8 Å². The number of carboxylic acids is 2. The number of hydrogen-bond donors (Lipinski definition) is 3. The summed E-state index contributed by atoms with van der Waals surface area (Å²) in [5.41, 5.74) is 2.46. The lowest BCUT2D eigenvalue weighted by Gasteiger charge is -2.23. The third-order valence-electron chi connectivity index (χ3n) is 5.25. The maximum absolute atomic E-state index is 12.3. The van der Waals surface area contributed by atoms with Gasteiger partial charge in [-0.3, -0.25) is 14.4 Å². The summed E-state index contributed by atoms with van der Waals surface area (Å²) in [7, 11) is -1.46. The molecule has 0 bridgehead atoms. The Bertz CT molecular complexity index is 1420. The number of nitrogens with one attached hydrogen (secondary N) is 1. The van der Waals surface area contributed by atoms with Crippen molar-refractivity contribution in [3.05, 3.63) is 59.8 Å². The van der Waals surface area contributed by atoms with E-state index in [1.54, 1.807) is 29.9 Å². The van der Waals surface area contributed by atoms with Gasteiger partial charge in [-0.05, 0) is 26.3 Å². The van der Waals surface area contributed by atoms with Gasteiger partial charge in [0, 0.05) is 36.0 Å². The van der Waals surface area contributed by atoms with Gasteiger partial charge in [0.1, 0.15) is 0 Å². The van der Waals surface area contributed by atoms with Crippen LogP contribution in [0.15, 0.2) is 59.4 Å². The summed E-state index contributed by atoms with van der Waals surface area (Å²) in [6.07, 6.45) is 7.08.